The minimum absolute atomic E-state index is 0.0133. The quantitative estimate of drug-likeness (QED) is 0.642. The molecule has 2 aromatic rings. The zero-order valence-electron chi connectivity index (χ0n) is 17.1. The normalized spacial score (nSPS) is 14.6. The Kier molecular flexibility index (Phi) is 5.79. The predicted octanol–water partition coefficient (Wildman–Crippen LogP) is 5.40. The summed E-state index contributed by atoms with van der Waals surface area (Å²) in [6.45, 7) is 7.99. The molecule has 1 amide bonds. The molecule has 0 saturated heterocycles. The fraction of sp³-hybridized carbons (Fsp3) is 0.500. The molecule has 0 bridgehead atoms. The van der Waals surface area contributed by atoms with Crippen LogP contribution in [0.25, 0.3) is 0 Å². The van der Waals surface area contributed by atoms with Gasteiger partial charge in [-0.3, -0.25) is 9.48 Å². The molecule has 164 valence electrons. The Labute approximate surface area is 177 Å². The molecule has 0 atom stereocenters. The van der Waals surface area contributed by atoms with Gasteiger partial charge in [0.2, 0.25) is 5.91 Å². The van der Waals surface area contributed by atoms with E-state index >= 15 is 0 Å². The Hall–Kier alpha value is -2.29. The van der Waals surface area contributed by atoms with Crippen molar-refractivity contribution in [2.75, 3.05) is 16.8 Å². The van der Waals surface area contributed by atoms with Gasteiger partial charge in [0.1, 0.15) is 5.02 Å². The fourth-order valence-corrected chi connectivity index (χ4v) is 3.66. The van der Waals surface area contributed by atoms with Crippen LogP contribution >= 0.6 is 11.6 Å². The molecule has 0 spiro atoms. The largest absolute Gasteiger partial charge is 0.435 e. The number of anilines is 2. The van der Waals surface area contributed by atoms with Crippen LogP contribution in [0.15, 0.2) is 12.1 Å². The molecule has 0 fully saturated rings. The van der Waals surface area contributed by atoms with E-state index in [2.05, 4.69) is 10.4 Å². The summed E-state index contributed by atoms with van der Waals surface area (Å²) >= 11 is 6.25. The van der Waals surface area contributed by atoms with Gasteiger partial charge in [0.25, 0.3) is 0 Å². The van der Waals surface area contributed by atoms with Crippen LogP contribution in [-0.2, 0) is 24.1 Å². The number of aryl methyl sites for hydroxylation is 1. The molecule has 1 N–H and O–H groups in total. The number of alkyl halides is 3. The number of fused-ring (bicyclic) bond motifs is 1. The number of rotatable bonds is 3. The number of hydrogen-bond donors (Lipinski definition) is 1. The fourth-order valence-electron chi connectivity index (χ4n) is 3.40. The van der Waals surface area contributed by atoms with E-state index in [1.54, 1.807) is 17.9 Å². The molecule has 3 rings (SSSR count). The molecule has 0 unspecified atom stereocenters. The first-order valence-corrected chi connectivity index (χ1v) is 9.81. The highest BCUT2D eigenvalue weighted by atomic mass is 35.5. The third kappa shape index (κ3) is 4.71. The standard InChI is InChI=1S/C20H23ClF4N4O/c1-11-7-13(16(21)17(22)18(11)26-15(30)9-19(2,3)4)28-5-6-29-12(10-28)8-14(27-29)20(23,24)25/h7-8H,5-6,9-10H2,1-4H3,(H,26,30). The number of hydrogen-bond acceptors (Lipinski definition) is 3. The maximum atomic E-state index is 15.0. The Balaban J connectivity index is 1.86. The maximum Gasteiger partial charge on any atom is 0.435 e. The maximum absolute atomic E-state index is 15.0. The van der Waals surface area contributed by atoms with E-state index in [9.17, 15) is 22.4 Å². The first-order chi connectivity index (χ1) is 13.8. The molecule has 2 heterocycles. The van der Waals surface area contributed by atoms with Gasteiger partial charge < -0.3 is 10.2 Å². The first-order valence-electron chi connectivity index (χ1n) is 9.43. The van der Waals surface area contributed by atoms with Crippen molar-refractivity contribution in [1.82, 2.24) is 9.78 Å². The lowest BCUT2D eigenvalue weighted by molar-refractivity contribution is -0.141. The van der Waals surface area contributed by atoms with Gasteiger partial charge in [-0.05, 0) is 30.0 Å². The van der Waals surface area contributed by atoms with Crippen molar-refractivity contribution in [3.63, 3.8) is 0 Å². The van der Waals surface area contributed by atoms with E-state index in [4.69, 9.17) is 11.6 Å². The van der Waals surface area contributed by atoms with Crippen LogP contribution in [0.1, 0.15) is 44.1 Å². The molecule has 10 heteroatoms. The molecule has 0 aliphatic carbocycles. The number of benzene rings is 1. The zero-order chi connectivity index (χ0) is 22.4. The molecule has 1 aromatic carbocycles. The van der Waals surface area contributed by atoms with Gasteiger partial charge in [0.15, 0.2) is 11.5 Å². The molecule has 1 aromatic heterocycles. The van der Waals surface area contributed by atoms with Crippen molar-refractivity contribution in [2.24, 2.45) is 5.41 Å². The van der Waals surface area contributed by atoms with Crippen LogP contribution in [0.3, 0.4) is 0 Å². The summed E-state index contributed by atoms with van der Waals surface area (Å²) in [5.74, 6) is -1.08. The molecular formula is C20H23ClF4N4O. The van der Waals surface area contributed by atoms with Crippen LogP contribution in [0.5, 0.6) is 0 Å². The number of nitrogens with zero attached hydrogens (tertiary/aromatic N) is 3. The molecule has 5 nitrogen and oxygen atoms in total. The second kappa shape index (κ2) is 7.76. The van der Waals surface area contributed by atoms with E-state index in [0.717, 1.165) is 6.07 Å². The summed E-state index contributed by atoms with van der Waals surface area (Å²) in [5, 5.41) is 6.00. The van der Waals surface area contributed by atoms with Crippen LogP contribution < -0.4 is 10.2 Å². The van der Waals surface area contributed by atoms with Crippen LogP contribution in [-0.4, -0.2) is 22.2 Å². The van der Waals surface area contributed by atoms with Gasteiger partial charge in [-0.2, -0.15) is 18.3 Å². The van der Waals surface area contributed by atoms with Crippen molar-refractivity contribution in [1.29, 1.82) is 0 Å². The number of nitrogens with one attached hydrogen (secondary N) is 1. The van der Waals surface area contributed by atoms with E-state index in [1.165, 1.54) is 4.68 Å². The lowest BCUT2D eigenvalue weighted by atomic mass is 9.92. The van der Waals surface area contributed by atoms with Crippen LogP contribution in [0.4, 0.5) is 28.9 Å². The predicted molar refractivity (Wildman–Crippen MR) is 107 cm³/mol. The molecule has 1 aliphatic rings. The van der Waals surface area contributed by atoms with Gasteiger partial charge in [-0.1, -0.05) is 32.4 Å². The minimum atomic E-state index is -4.53. The summed E-state index contributed by atoms with van der Waals surface area (Å²) in [7, 11) is 0. The van der Waals surface area contributed by atoms with Gasteiger partial charge in [0, 0.05) is 13.0 Å². The summed E-state index contributed by atoms with van der Waals surface area (Å²) in [6, 6.07) is 2.62. The van der Waals surface area contributed by atoms with E-state index < -0.39 is 17.7 Å². The Morgan fingerprint density at radius 1 is 1.23 bits per heavy atom. The topological polar surface area (TPSA) is 50.2 Å². The monoisotopic (exact) mass is 446 g/mol. The number of halogens is 5. The summed E-state index contributed by atoms with van der Waals surface area (Å²) in [4.78, 5) is 13.9. The summed E-state index contributed by atoms with van der Waals surface area (Å²) in [6.07, 6.45) is -4.31. The van der Waals surface area contributed by atoms with Crippen molar-refractivity contribution in [2.45, 2.75) is 53.4 Å². The van der Waals surface area contributed by atoms with Gasteiger partial charge in [-0.15, -0.1) is 0 Å². The third-order valence-corrected chi connectivity index (χ3v) is 5.13. The second-order valence-electron chi connectivity index (χ2n) is 8.66. The minimum Gasteiger partial charge on any atom is -0.362 e. The average molecular weight is 447 g/mol. The van der Waals surface area contributed by atoms with Crippen molar-refractivity contribution in [3.05, 3.63) is 39.9 Å². The Morgan fingerprint density at radius 3 is 2.50 bits per heavy atom. The number of aromatic nitrogens is 2. The summed E-state index contributed by atoms with van der Waals surface area (Å²) < 4.78 is 55.1. The molecule has 1 aliphatic heterocycles. The highest BCUT2D eigenvalue weighted by Crippen LogP contribution is 2.38. The van der Waals surface area contributed by atoms with Crippen LogP contribution in [0, 0.1) is 18.2 Å². The average Bonchev–Trinajstić information content (AvgIpc) is 3.04. The Bertz CT molecular complexity index is 979. The molecule has 0 saturated carbocycles. The zero-order valence-corrected chi connectivity index (χ0v) is 17.9. The van der Waals surface area contributed by atoms with E-state index in [1.807, 2.05) is 20.8 Å². The van der Waals surface area contributed by atoms with Gasteiger partial charge >= 0.3 is 6.18 Å². The van der Waals surface area contributed by atoms with Crippen molar-refractivity contribution >= 4 is 28.9 Å². The second-order valence-corrected chi connectivity index (χ2v) is 9.04. The number of amides is 1. The van der Waals surface area contributed by atoms with Crippen molar-refractivity contribution in [3.8, 4) is 0 Å². The van der Waals surface area contributed by atoms with Crippen molar-refractivity contribution < 1.29 is 22.4 Å². The molecule has 30 heavy (non-hydrogen) atoms. The third-order valence-electron chi connectivity index (χ3n) is 4.77. The summed E-state index contributed by atoms with van der Waals surface area (Å²) in [5.41, 5.74) is 0.00428. The SMILES string of the molecule is Cc1cc(N2CCn3nc(C(F)(F)F)cc3C2)c(Cl)c(F)c1NC(=O)CC(C)(C)C. The van der Waals surface area contributed by atoms with Gasteiger partial charge in [-0.25, -0.2) is 4.39 Å². The van der Waals surface area contributed by atoms with E-state index in [-0.39, 0.29) is 41.5 Å². The van der Waals surface area contributed by atoms with Gasteiger partial charge in [0.05, 0.1) is 30.2 Å². The Morgan fingerprint density at radius 2 is 1.90 bits per heavy atom. The van der Waals surface area contributed by atoms with Crippen LogP contribution in [0.2, 0.25) is 5.02 Å². The first kappa shape index (κ1) is 22.4. The lowest BCUT2D eigenvalue weighted by Gasteiger charge is -2.31. The highest BCUT2D eigenvalue weighted by molar-refractivity contribution is 6.34. The molecule has 0 radical (unpaired) electrons. The van der Waals surface area contributed by atoms with E-state index in [0.29, 0.717) is 23.5 Å². The molecular weight excluding hydrogens is 424 g/mol. The number of carbonyl (C=O) groups excluding carboxylic acids is 1. The highest BCUT2D eigenvalue weighted by Gasteiger charge is 2.36. The smallest absolute Gasteiger partial charge is 0.362 e. The lowest BCUT2D eigenvalue weighted by Crippen LogP contribution is -2.34. The number of carbonyl (C=O) groups is 1.